The topological polar surface area (TPSA) is 23.8 Å². The van der Waals surface area contributed by atoms with E-state index in [1.54, 1.807) is 5.57 Å². The summed E-state index contributed by atoms with van der Waals surface area (Å²) in [4.78, 5) is 0. The first-order valence-corrected chi connectivity index (χ1v) is 13.9. The molecule has 0 saturated heterocycles. The molecule has 0 aromatic heterocycles. The van der Waals surface area contributed by atoms with Gasteiger partial charge in [-0.1, -0.05) is 65.5 Å². The summed E-state index contributed by atoms with van der Waals surface area (Å²) in [6, 6.07) is 0. The van der Waals surface area contributed by atoms with E-state index in [2.05, 4.69) is 46.1 Å². The van der Waals surface area contributed by atoms with E-state index < -0.39 is 0 Å². The second kappa shape index (κ2) is 8.84. The van der Waals surface area contributed by atoms with Crippen LogP contribution in [0.3, 0.4) is 0 Å². The Kier molecular flexibility index (Phi) is 6.71. The van der Waals surface area contributed by atoms with Crippen LogP contribution in [0.2, 0.25) is 0 Å². The van der Waals surface area contributed by atoms with E-state index in [9.17, 15) is 0 Å². The van der Waals surface area contributed by atoms with Gasteiger partial charge in [0.05, 0.1) is 0 Å². The average Bonchev–Trinajstić information content (AvgIpc) is 3.05. The van der Waals surface area contributed by atoms with Gasteiger partial charge in [-0.2, -0.15) is 5.26 Å². The summed E-state index contributed by atoms with van der Waals surface area (Å²) in [5.41, 5.74) is 2.74. The molecule has 1 nitrogen and oxygen atoms in total. The van der Waals surface area contributed by atoms with Crippen molar-refractivity contribution in [3.63, 3.8) is 0 Å². The van der Waals surface area contributed by atoms with E-state index in [1.807, 2.05) is 0 Å². The fraction of sp³-hybridized carbons (Fsp3) is 0.893. The lowest BCUT2D eigenvalue weighted by Gasteiger charge is -2.58. The normalized spacial score (nSPS) is 43.9. The van der Waals surface area contributed by atoms with Gasteiger partial charge in [0.25, 0.3) is 0 Å². The minimum Gasteiger partial charge on any atom is -0.185 e. The number of nitrogens with zero attached hydrogens (tertiary/aromatic N) is 1. The van der Waals surface area contributed by atoms with Crippen LogP contribution in [-0.2, 0) is 0 Å². The van der Waals surface area contributed by atoms with Gasteiger partial charge in [0.15, 0.2) is 0 Å². The lowest BCUT2D eigenvalue weighted by molar-refractivity contribution is -0.0497. The zero-order chi connectivity index (χ0) is 21.5. The molecule has 0 spiro atoms. The maximum atomic E-state index is 9.14. The highest BCUT2D eigenvalue weighted by atomic mass is 32.2. The standard InChI is InChI=1S/C28H45NS/c1-19(2)7-6-8-20(3)24-11-12-25-23-10-9-21-17-22(30-18-29)13-15-27(21,4)26(23)14-16-28(24,25)5/h9,19-20,22-26H,6-8,10-17H2,1-5H3. The Balaban J connectivity index is 1.48. The van der Waals surface area contributed by atoms with Gasteiger partial charge in [-0.15, -0.1) is 0 Å². The molecule has 30 heavy (non-hydrogen) atoms. The van der Waals surface area contributed by atoms with Crippen LogP contribution < -0.4 is 0 Å². The molecule has 0 bridgehead atoms. The highest BCUT2D eigenvalue weighted by molar-refractivity contribution is 8.04. The molecule has 4 aliphatic carbocycles. The number of fused-ring (bicyclic) bond motifs is 5. The second-order valence-corrected chi connectivity index (χ2v) is 13.4. The molecule has 2 heteroatoms. The Morgan fingerprint density at radius 1 is 1.07 bits per heavy atom. The molecule has 8 atom stereocenters. The summed E-state index contributed by atoms with van der Waals surface area (Å²) in [5.74, 6) is 5.49. The van der Waals surface area contributed by atoms with Crippen molar-refractivity contribution in [3.8, 4) is 5.40 Å². The van der Waals surface area contributed by atoms with E-state index in [1.165, 1.54) is 82.4 Å². The Labute approximate surface area is 190 Å². The Morgan fingerprint density at radius 2 is 1.87 bits per heavy atom. The largest absolute Gasteiger partial charge is 0.185 e. The SMILES string of the molecule is CC(C)CCCC(C)C1CCC2C3CC=C4CC(SC#N)CCC4(C)C3CCC12C. The van der Waals surface area contributed by atoms with Crippen LogP contribution in [0.25, 0.3) is 0 Å². The first-order chi connectivity index (χ1) is 14.3. The maximum Gasteiger partial charge on any atom is 0.133 e. The molecule has 4 aliphatic rings. The van der Waals surface area contributed by atoms with E-state index in [4.69, 9.17) is 5.26 Å². The van der Waals surface area contributed by atoms with E-state index in [0.717, 1.165) is 35.5 Å². The Morgan fingerprint density at radius 3 is 2.60 bits per heavy atom. The van der Waals surface area contributed by atoms with Crippen LogP contribution >= 0.6 is 11.8 Å². The molecule has 0 N–H and O–H groups in total. The lowest BCUT2D eigenvalue weighted by Crippen LogP contribution is -2.50. The number of thiocyanates is 1. The monoisotopic (exact) mass is 427 g/mol. The van der Waals surface area contributed by atoms with Crippen LogP contribution in [0.4, 0.5) is 0 Å². The fourth-order valence-corrected chi connectivity index (χ4v) is 9.47. The molecular weight excluding hydrogens is 382 g/mol. The molecule has 168 valence electrons. The summed E-state index contributed by atoms with van der Waals surface area (Å²) in [7, 11) is 0. The molecule has 0 aliphatic heterocycles. The predicted molar refractivity (Wildman–Crippen MR) is 130 cm³/mol. The molecular formula is C28H45NS. The first-order valence-electron chi connectivity index (χ1n) is 13.0. The summed E-state index contributed by atoms with van der Waals surface area (Å²) in [5, 5.41) is 12.0. The van der Waals surface area contributed by atoms with Crippen molar-refractivity contribution < 1.29 is 0 Å². The molecule has 8 unspecified atom stereocenters. The molecule has 3 saturated carbocycles. The van der Waals surface area contributed by atoms with E-state index >= 15 is 0 Å². The number of thioether (sulfide) groups is 1. The smallest absolute Gasteiger partial charge is 0.133 e. The first kappa shape index (κ1) is 22.8. The molecule has 0 aromatic rings. The minimum absolute atomic E-state index is 0.428. The van der Waals surface area contributed by atoms with Crippen LogP contribution in [0.1, 0.15) is 105 Å². The maximum absolute atomic E-state index is 9.14. The Hall–Kier alpha value is -0.420. The van der Waals surface area contributed by atoms with Crippen LogP contribution in [0.5, 0.6) is 0 Å². The molecule has 0 heterocycles. The summed E-state index contributed by atoms with van der Waals surface area (Å²) in [6.07, 6.45) is 17.9. The van der Waals surface area contributed by atoms with Crippen LogP contribution in [-0.4, -0.2) is 5.25 Å². The number of nitriles is 1. The van der Waals surface area contributed by atoms with Gasteiger partial charge < -0.3 is 0 Å². The average molecular weight is 428 g/mol. The van der Waals surface area contributed by atoms with Gasteiger partial charge in [-0.05, 0) is 109 Å². The number of hydrogen-bond donors (Lipinski definition) is 0. The number of rotatable bonds is 6. The quantitative estimate of drug-likeness (QED) is 0.313. The molecule has 3 fully saturated rings. The summed E-state index contributed by atoms with van der Waals surface area (Å²) >= 11 is 1.53. The highest BCUT2D eigenvalue weighted by Crippen LogP contribution is 2.67. The van der Waals surface area contributed by atoms with Crippen LogP contribution in [0, 0.1) is 57.0 Å². The van der Waals surface area contributed by atoms with Crippen molar-refractivity contribution in [2.45, 2.75) is 110 Å². The van der Waals surface area contributed by atoms with Gasteiger partial charge in [0.1, 0.15) is 5.40 Å². The third kappa shape index (κ3) is 3.91. The van der Waals surface area contributed by atoms with Gasteiger partial charge >= 0.3 is 0 Å². The zero-order valence-corrected chi connectivity index (χ0v) is 21.1. The fourth-order valence-electron chi connectivity index (χ4n) is 8.83. The van der Waals surface area contributed by atoms with E-state index in [-0.39, 0.29) is 0 Å². The third-order valence-electron chi connectivity index (χ3n) is 10.5. The Bertz CT molecular complexity index is 689. The van der Waals surface area contributed by atoms with Crippen LogP contribution in [0.15, 0.2) is 11.6 Å². The van der Waals surface area contributed by atoms with Gasteiger partial charge in [-0.25, -0.2) is 0 Å². The van der Waals surface area contributed by atoms with Crippen molar-refractivity contribution in [2.75, 3.05) is 0 Å². The number of allylic oxidation sites excluding steroid dienone is 2. The summed E-state index contributed by atoms with van der Waals surface area (Å²) in [6.45, 7) is 12.6. The molecule has 0 aromatic carbocycles. The molecule has 0 amide bonds. The van der Waals surface area contributed by atoms with Gasteiger partial charge in [-0.3, -0.25) is 0 Å². The van der Waals surface area contributed by atoms with Crippen molar-refractivity contribution in [3.05, 3.63) is 11.6 Å². The predicted octanol–water partition coefficient (Wildman–Crippen LogP) is 8.61. The van der Waals surface area contributed by atoms with Crippen molar-refractivity contribution in [1.82, 2.24) is 0 Å². The molecule has 0 radical (unpaired) electrons. The minimum atomic E-state index is 0.428. The van der Waals surface area contributed by atoms with Gasteiger partial charge in [0, 0.05) is 5.25 Å². The third-order valence-corrected chi connectivity index (χ3v) is 11.3. The zero-order valence-electron chi connectivity index (χ0n) is 20.3. The van der Waals surface area contributed by atoms with Gasteiger partial charge in [0.2, 0.25) is 0 Å². The van der Waals surface area contributed by atoms with Crippen molar-refractivity contribution in [2.24, 2.45) is 46.3 Å². The van der Waals surface area contributed by atoms with Crippen molar-refractivity contribution in [1.29, 1.82) is 5.26 Å². The molecule has 4 rings (SSSR count). The highest BCUT2D eigenvalue weighted by Gasteiger charge is 2.59. The number of hydrogen-bond acceptors (Lipinski definition) is 2. The summed E-state index contributed by atoms with van der Waals surface area (Å²) < 4.78 is 0. The lowest BCUT2D eigenvalue weighted by atomic mass is 9.47. The second-order valence-electron chi connectivity index (χ2n) is 12.4. The van der Waals surface area contributed by atoms with Crippen molar-refractivity contribution >= 4 is 11.8 Å². The van der Waals surface area contributed by atoms with E-state index in [0.29, 0.717) is 16.1 Å².